The van der Waals surface area contributed by atoms with Gasteiger partial charge in [0, 0.05) is 49.0 Å². The quantitative estimate of drug-likeness (QED) is 0.698. The zero-order chi connectivity index (χ0) is 20.4. The Hall–Kier alpha value is -2.67. The number of hydrogen-bond donors (Lipinski definition) is 1. The average molecular weight is 411 g/mol. The van der Waals surface area contributed by atoms with Gasteiger partial charge in [-0.3, -0.25) is 9.59 Å². The van der Waals surface area contributed by atoms with E-state index in [1.54, 1.807) is 17.5 Å². The third-order valence-corrected chi connectivity index (χ3v) is 6.72. The van der Waals surface area contributed by atoms with Crippen molar-refractivity contribution >= 4 is 28.8 Å². The van der Waals surface area contributed by atoms with E-state index < -0.39 is 0 Å². The second-order valence-corrected chi connectivity index (χ2v) is 8.98. The van der Waals surface area contributed by atoms with Crippen molar-refractivity contribution in [3.8, 4) is 0 Å². The van der Waals surface area contributed by atoms with Crippen LogP contribution in [0.5, 0.6) is 0 Å². The number of fused-ring (bicyclic) bond motifs is 1. The molecule has 0 bridgehead atoms. The second kappa shape index (κ2) is 8.37. The van der Waals surface area contributed by atoms with E-state index >= 15 is 0 Å². The predicted octanol–water partition coefficient (Wildman–Crippen LogP) is 3.69. The van der Waals surface area contributed by atoms with Crippen molar-refractivity contribution in [1.82, 2.24) is 19.6 Å². The van der Waals surface area contributed by atoms with Crippen molar-refractivity contribution in [2.24, 2.45) is 5.92 Å². The molecule has 0 atom stereocenters. The second-order valence-electron chi connectivity index (χ2n) is 7.87. The zero-order valence-electron chi connectivity index (χ0n) is 16.8. The van der Waals surface area contributed by atoms with E-state index in [-0.39, 0.29) is 17.7 Å². The molecule has 1 N–H and O–H groups in total. The minimum Gasteiger partial charge on any atom is -0.347 e. The highest BCUT2D eigenvalue weighted by atomic mass is 32.1. The molecular weight excluding hydrogens is 384 g/mol. The van der Waals surface area contributed by atoms with E-state index in [1.807, 2.05) is 53.7 Å². The van der Waals surface area contributed by atoms with Gasteiger partial charge in [0.05, 0.1) is 4.88 Å². The third-order valence-electron chi connectivity index (χ3n) is 5.47. The van der Waals surface area contributed by atoms with E-state index in [2.05, 4.69) is 16.4 Å². The van der Waals surface area contributed by atoms with Crippen LogP contribution in [-0.2, 0) is 11.3 Å². The molecule has 29 heavy (non-hydrogen) atoms. The molecule has 1 aliphatic heterocycles. The first-order valence-corrected chi connectivity index (χ1v) is 10.9. The van der Waals surface area contributed by atoms with E-state index in [0.29, 0.717) is 12.5 Å². The van der Waals surface area contributed by atoms with E-state index in [4.69, 9.17) is 0 Å². The first-order chi connectivity index (χ1) is 14.0. The van der Waals surface area contributed by atoms with Gasteiger partial charge >= 0.3 is 0 Å². The number of pyridine rings is 1. The summed E-state index contributed by atoms with van der Waals surface area (Å²) in [7, 11) is 0. The number of amides is 2. The van der Waals surface area contributed by atoms with Crippen molar-refractivity contribution in [3.05, 3.63) is 58.2 Å². The summed E-state index contributed by atoms with van der Waals surface area (Å²) in [6, 6.07) is 7.95. The van der Waals surface area contributed by atoms with Crippen LogP contribution in [0.15, 0.2) is 42.9 Å². The molecule has 0 aliphatic carbocycles. The van der Waals surface area contributed by atoms with Crippen molar-refractivity contribution in [2.45, 2.75) is 39.2 Å². The fraction of sp³-hybridized carbons (Fsp3) is 0.409. The van der Waals surface area contributed by atoms with Crippen LogP contribution in [0.3, 0.4) is 0 Å². The largest absolute Gasteiger partial charge is 0.347 e. The molecule has 152 valence electrons. The molecule has 4 heterocycles. The molecule has 4 rings (SSSR count). The molecule has 7 heteroatoms. The maximum atomic E-state index is 12.6. The van der Waals surface area contributed by atoms with Gasteiger partial charge < -0.3 is 14.6 Å². The molecule has 6 nitrogen and oxygen atoms in total. The summed E-state index contributed by atoms with van der Waals surface area (Å²) in [6.07, 6.45) is 7.53. The van der Waals surface area contributed by atoms with Crippen LogP contribution in [0.1, 0.15) is 52.7 Å². The molecule has 0 saturated carbocycles. The molecule has 0 aromatic carbocycles. The number of nitrogens with one attached hydrogen (secondary N) is 1. The number of piperidine rings is 1. The predicted molar refractivity (Wildman–Crippen MR) is 114 cm³/mol. The zero-order valence-corrected chi connectivity index (χ0v) is 17.6. The smallest absolute Gasteiger partial charge is 0.261 e. The van der Waals surface area contributed by atoms with Crippen LogP contribution in [-0.4, -0.2) is 39.2 Å². The number of carbonyl (C=O) groups is 2. The van der Waals surface area contributed by atoms with Gasteiger partial charge in [-0.25, -0.2) is 4.98 Å². The van der Waals surface area contributed by atoms with E-state index in [1.165, 1.54) is 4.88 Å². The first-order valence-electron chi connectivity index (χ1n) is 10.1. The minimum absolute atomic E-state index is 0.0445. The molecule has 3 aromatic heterocycles. The Morgan fingerprint density at radius 2 is 2.00 bits per heavy atom. The summed E-state index contributed by atoms with van der Waals surface area (Å²) >= 11 is 1.57. The number of imidazole rings is 1. The molecular formula is C22H26N4O2S. The van der Waals surface area contributed by atoms with Crippen molar-refractivity contribution in [2.75, 3.05) is 13.1 Å². The summed E-state index contributed by atoms with van der Waals surface area (Å²) in [4.78, 5) is 32.9. The van der Waals surface area contributed by atoms with Gasteiger partial charge in [-0.2, -0.15) is 0 Å². The van der Waals surface area contributed by atoms with E-state index in [0.717, 1.165) is 42.0 Å². The van der Waals surface area contributed by atoms with E-state index in [9.17, 15) is 9.59 Å². The summed E-state index contributed by atoms with van der Waals surface area (Å²) < 4.78 is 1.94. The lowest BCUT2D eigenvalue weighted by atomic mass is 9.94. The Labute approximate surface area is 174 Å². The number of carbonyl (C=O) groups excluding carboxylic acids is 2. The van der Waals surface area contributed by atoms with Crippen LogP contribution >= 0.6 is 11.3 Å². The lowest BCUT2D eigenvalue weighted by Crippen LogP contribution is -2.40. The molecule has 1 saturated heterocycles. The molecule has 1 fully saturated rings. The molecule has 0 spiro atoms. The highest BCUT2D eigenvalue weighted by molar-refractivity contribution is 7.14. The van der Waals surface area contributed by atoms with Crippen LogP contribution in [0.2, 0.25) is 0 Å². The Morgan fingerprint density at radius 1 is 1.21 bits per heavy atom. The molecule has 3 aromatic rings. The SMILES string of the molecule is CC(C)C(=O)N1CCC(c2ccc(C(=O)NCc3ccn4ccnc4c3)s2)CC1. The average Bonchev–Trinajstić information content (AvgIpc) is 3.40. The lowest BCUT2D eigenvalue weighted by Gasteiger charge is -2.32. The summed E-state index contributed by atoms with van der Waals surface area (Å²) in [5.41, 5.74) is 1.90. The molecule has 1 aliphatic rings. The fourth-order valence-electron chi connectivity index (χ4n) is 3.78. The van der Waals surface area contributed by atoms with Crippen LogP contribution in [0.25, 0.3) is 5.65 Å². The Morgan fingerprint density at radius 3 is 2.76 bits per heavy atom. The van der Waals surface area contributed by atoms with Gasteiger partial charge in [-0.05, 0) is 48.6 Å². The minimum atomic E-state index is -0.0445. The van der Waals surface area contributed by atoms with Crippen molar-refractivity contribution < 1.29 is 9.59 Å². The maximum absolute atomic E-state index is 12.6. The summed E-state index contributed by atoms with van der Waals surface area (Å²) in [6.45, 7) is 5.98. The summed E-state index contributed by atoms with van der Waals surface area (Å²) in [5.74, 6) is 0.679. The van der Waals surface area contributed by atoms with Crippen LogP contribution < -0.4 is 5.32 Å². The highest BCUT2D eigenvalue weighted by Crippen LogP contribution is 2.33. The number of hydrogen-bond acceptors (Lipinski definition) is 4. The molecule has 0 radical (unpaired) electrons. The normalized spacial score (nSPS) is 15.2. The standard InChI is InChI=1S/C22H26N4O2S/c1-15(2)22(28)26-10-6-17(7-11-26)18-3-4-19(29-18)21(27)24-14-16-5-9-25-12-8-23-20(25)13-16/h3-5,8-9,12-13,15,17H,6-7,10-11,14H2,1-2H3,(H,24,27). The number of rotatable bonds is 5. The monoisotopic (exact) mass is 410 g/mol. The number of thiophene rings is 1. The fourth-order valence-corrected chi connectivity index (χ4v) is 4.87. The Kier molecular flexibility index (Phi) is 5.67. The number of aromatic nitrogens is 2. The Bertz CT molecular complexity index is 1010. The summed E-state index contributed by atoms with van der Waals surface area (Å²) in [5, 5.41) is 3.00. The number of nitrogens with zero attached hydrogens (tertiary/aromatic N) is 3. The Balaban J connectivity index is 1.32. The highest BCUT2D eigenvalue weighted by Gasteiger charge is 2.26. The topological polar surface area (TPSA) is 66.7 Å². The van der Waals surface area contributed by atoms with Crippen LogP contribution in [0.4, 0.5) is 0 Å². The van der Waals surface area contributed by atoms with Gasteiger partial charge in [0.2, 0.25) is 5.91 Å². The van der Waals surface area contributed by atoms with Gasteiger partial charge in [-0.1, -0.05) is 13.8 Å². The van der Waals surface area contributed by atoms with Gasteiger partial charge in [-0.15, -0.1) is 11.3 Å². The van der Waals surface area contributed by atoms with Crippen LogP contribution in [0, 0.1) is 5.92 Å². The molecule has 0 unspecified atom stereocenters. The number of likely N-dealkylation sites (tertiary alicyclic amines) is 1. The van der Waals surface area contributed by atoms with Crippen molar-refractivity contribution in [3.63, 3.8) is 0 Å². The third kappa shape index (κ3) is 4.34. The molecule has 2 amide bonds. The first kappa shape index (κ1) is 19.6. The van der Waals surface area contributed by atoms with Gasteiger partial charge in [0.25, 0.3) is 5.91 Å². The lowest BCUT2D eigenvalue weighted by molar-refractivity contribution is -0.135. The van der Waals surface area contributed by atoms with Gasteiger partial charge in [0.15, 0.2) is 0 Å². The van der Waals surface area contributed by atoms with Gasteiger partial charge in [0.1, 0.15) is 5.65 Å². The van der Waals surface area contributed by atoms with Crippen molar-refractivity contribution in [1.29, 1.82) is 0 Å². The maximum Gasteiger partial charge on any atom is 0.261 e.